The molecule has 0 radical (unpaired) electrons. The van der Waals surface area contributed by atoms with E-state index < -0.39 is 0 Å². The standard InChI is InChI=1S/C24H27FN4O2/c25-20-5-8-23(9-6-20)31-16-14-26-13-11-21-7-10-24(30)28(21)18-19-3-1-4-22(17-19)29-15-2-12-27-29/h1-6,8-9,12,15,17,21,26H,7,10-11,13-14,16,18H2. The van der Waals surface area contributed by atoms with E-state index in [0.29, 0.717) is 31.9 Å². The first kappa shape index (κ1) is 21.1. The zero-order valence-electron chi connectivity index (χ0n) is 17.4. The molecule has 0 bridgehead atoms. The predicted molar refractivity (Wildman–Crippen MR) is 117 cm³/mol. The summed E-state index contributed by atoms with van der Waals surface area (Å²) in [6, 6.07) is 16.3. The monoisotopic (exact) mass is 422 g/mol. The number of carbonyl (C=O) groups excluding carboxylic acids is 1. The Labute approximate surface area is 181 Å². The molecule has 1 amide bonds. The molecule has 1 unspecified atom stereocenters. The predicted octanol–water partition coefficient (Wildman–Crippen LogP) is 3.56. The smallest absolute Gasteiger partial charge is 0.223 e. The molecule has 4 rings (SSSR count). The van der Waals surface area contributed by atoms with Crippen molar-refractivity contribution in [1.29, 1.82) is 0 Å². The van der Waals surface area contributed by atoms with E-state index in [1.54, 1.807) is 18.3 Å². The van der Waals surface area contributed by atoms with Crippen LogP contribution in [0.5, 0.6) is 5.75 Å². The molecule has 162 valence electrons. The average molecular weight is 423 g/mol. The van der Waals surface area contributed by atoms with Gasteiger partial charge in [0, 0.05) is 37.9 Å². The van der Waals surface area contributed by atoms with Crippen LogP contribution in [0.1, 0.15) is 24.8 Å². The quantitative estimate of drug-likeness (QED) is 0.508. The van der Waals surface area contributed by atoms with Crippen LogP contribution in [-0.4, -0.2) is 46.3 Å². The van der Waals surface area contributed by atoms with Crippen LogP contribution in [0, 0.1) is 5.82 Å². The highest BCUT2D eigenvalue weighted by Crippen LogP contribution is 2.24. The topological polar surface area (TPSA) is 59.4 Å². The van der Waals surface area contributed by atoms with Crippen molar-refractivity contribution in [3.8, 4) is 11.4 Å². The van der Waals surface area contributed by atoms with Gasteiger partial charge in [-0.2, -0.15) is 5.10 Å². The lowest BCUT2D eigenvalue weighted by Gasteiger charge is -2.25. The summed E-state index contributed by atoms with van der Waals surface area (Å²) in [5.41, 5.74) is 2.10. The van der Waals surface area contributed by atoms with Gasteiger partial charge in [0.05, 0.1) is 5.69 Å². The summed E-state index contributed by atoms with van der Waals surface area (Å²) in [7, 11) is 0. The summed E-state index contributed by atoms with van der Waals surface area (Å²) < 4.78 is 20.3. The second-order valence-corrected chi connectivity index (χ2v) is 7.68. The number of likely N-dealkylation sites (tertiary alicyclic amines) is 1. The first-order valence-corrected chi connectivity index (χ1v) is 10.7. The number of hydrogen-bond donors (Lipinski definition) is 1. The van der Waals surface area contributed by atoms with Gasteiger partial charge in [-0.25, -0.2) is 9.07 Å². The third kappa shape index (κ3) is 5.70. The lowest BCUT2D eigenvalue weighted by Crippen LogP contribution is -2.35. The third-order valence-corrected chi connectivity index (χ3v) is 5.50. The van der Waals surface area contributed by atoms with Crippen LogP contribution in [0.15, 0.2) is 67.0 Å². The number of nitrogens with one attached hydrogen (secondary N) is 1. The van der Waals surface area contributed by atoms with E-state index in [9.17, 15) is 9.18 Å². The van der Waals surface area contributed by atoms with Crippen LogP contribution < -0.4 is 10.1 Å². The van der Waals surface area contributed by atoms with Gasteiger partial charge in [-0.15, -0.1) is 0 Å². The number of aromatic nitrogens is 2. The molecule has 0 spiro atoms. The molecule has 3 aromatic rings. The maximum Gasteiger partial charge on any atom is 0.223 e. The van der Waals surface area contributed by atoms with Gasteiger partial charge in [-0.3, -0.25) is 4.79 Å². The number of ether oxygens (including phenoxy) is 1. The zero-order chi connectivity index (χ0) is 21.5. The molecular weight excluding hydrogens is 395 g/mol. The van der Waals surface area contributed by atoms with Gasteiger partial charge in [0.25, 0.3) is 0 Å². The van der Waals surface area contributed by atoms with Crippen molar-refractivity contribution < 1.29 is 13.9 Å². The lowest BCUT2D eigenvalue weighted by atomic mass is 10.1. The van der Waals surface area contributed by atoms with Gasteiger partial charge in [0.1, 0.15) is 18.2 Å². The Morgan fingerprint density at radius 1 is 1.13 bits per heavy atom. The second-order valence-electron chi connectivity index (χ2n) is 7.68. The van der Waals surface area contributed by atoms with E-state index >= 15 is 0 Å². The molecule has 0 saturated carbocycles. The SMILES string of the molecule is O=C1CCC(CCNCCOc2ccc(F)cc2)N1Cc1cccc(-n2cccn2)c1. The van der Waals surface area contributed by atoms with Crippen molar-refractivity contribution in [3.63, 3.8) is 0 Å². The fourth-order valence-corrected chi connectivity index (χ4v) is 3.89. The molecule has 7 heteroatoms. The number of hydrogen-bond acceptors (Lipinski definition) is 4. The van der Waals surface area contributed by atoms with E-state index in [1.807, 2.05) is 34.0 Å². The minimum atomic E-state index is -0.269. The number of benzene rings is 2. The summed E-state index contributed by atoms with van der Waals surface area (Å²) in [4.78, 5) is 14.5. The van der Waals surface area contributed by atoms with Crippen molar-refractivity contribution in [2.75, 3.05) is 19.7 Å². The number of amides is 1. The zero-order valence-corrected chi connectivity index (χ0v) is 17.4. The van der Waals surface area contributed by atoms with Crippen molar-refractivity contribution >= 4 is 5.91 Å². The van der Waals surface area contributed by atoms with Crippen molar-refractivity contribution in [1.82, 2.24) is 20.0 Å². The van der Waals surface area contributed by atoms with Gasteiger partial charge in [-0.05, 0) is 67.4 Å². The van der Waals surface area contributed by atoms with Crippen LogP contribution in [0.2, 0.25) is 0 Å². The molecule has 1 aromatic heterocycles. The minimum Gasteiger partial charge on any atom is -0.492 e. The Bertz CT molecular complexity index is 976. The molecule has 1 atom stereocenters. The summed E-state index contributed by atoms with van der Waals surface area (Å²) in [5.74, 6) is 0.608. The average Bonchev–Trinajstić information content (AvgIpc) is 3.44. The third-order valence-electron chi connectivity index (χ3n) is 5.50. The van der Waals surface area contributed by atoms with Crippen LogP contribution in [0.4, 0.5) is 4.39 Å². The van der Waals surface area contributed by atoms with Crippen LogP contribution >= 0.6 is 0 Å². The Morgan fingerprint density at radius 3 is 2.81 bits per heavy atom. The van der Waals surface area contributed by atoms with Gasteiger partial charge in [-0.1, -0.05) is 12.1 Å². The van der Waals surface area contributed by atoms with E-state index in [0.717, 1.165) is 30.6 Å². The van der Waals surface area contributed by atoms with Crippen molar-refractivity contribution in [3.05, 3.63) is 78.4 Å². The van der Waals surface area contributed by atoms with Gasteiger partial charge < -0.3 is 15.0 Å². The van der Waals surface area contributed by atoms with E-state index in [-0.39, 0.29) is 17.8 Å². The highest BCUT2D eigenvalue weighted by molar-refractivity contribution is 5.78. The number of nitrogens with zero attached hydrogens (tertiary/aromatic N) is 3. The van der Waals surface area contributed by atoms with Gasteiger partial charge in [0.15, 0.2) is 0 Å². The molecule has 2 heterocycles. The molecule has 1 saturated heterocycles. The fraction of sp³-hybridized carbons (Fsp3) is 0.333. The van der Waals surface area contributed by atoms with Crippen molar-refractivity contribution in [2.24, 2.45) is 0 Å². The largest absolute Gasteiger partial charge is 0.492 e. The van der Waals surface area contributed by atoms with Crippen LogP contribution in [0.3, 0.4) is 0 Å². The molecule has 31 heavy (non-hydrogen) atoms. The number of carbonyl (C=O) groups is 1. The Morgan fingerprint density at radius 2 is 2.00 bits per heavy atom. The molecular formula is C24H27FN4O2. The maximum atomic E-state index is 12.9. The Hall–Kier alpha value is -3.19. The van der Waals surface area contributed by atoms with E-state index in [4.69, 9.17) is 4.74 Å². The first-order chi connectivity index (χ1) is 15.2. The molecule has 1 aliphatic heterocycles. The summed E-state index contributed by atoms with van der Waals surface area (Å²) in [5, 5.41) is 7.65. The minimum absolute atomic E-state index is 0.217. The Kier molecular flexibility index (Phi) is 6.94. The summed E-state index contributed by atoms with van der Waals surface area (Å²) >= 11 is 0. The normalized spacial score (nSPS) is 16.1. The molecule has 1 aliphatic rings. The van der Waals surface area contributed by atoms with Gasteiger partial charge in [0.2, 0.25) is 5.91 Å². The lowest BCUT2D eigenvalue weighted by molar-refractivity contribution is -0.129. The second kappa shape index (κ2) is 10.2. The van der Waals surface area contributed by atoms with Crippen LogP contribution in [-0.2, 0) is 11.3 Å². The van der Waals surface area contributed by atoms with E-state index in [1.165, 1.54) is 12.1 Å². The van der Waals surface area contributed by atoms with Crippen LogP contribution in [0.25, 0.3) is 5.69 Å². The number of halogens is 1. The highest BCUT2D eigenvalue weighted by atomic mass is 19.1. The first-order valence-electron chi connectivity index (χ1n) is 10.7. The molecule has 0 aliphatic carbocycles. The Balaban J connectivity index is 1.23. The summed E-state index contributed by atoms with van der Waals surface area (Å²) in [6.07, 6.45) is 6.07. The van der Waals surface area contributed by atoms with E-state index in [2.05, 4.69) is 22.5 Å². The number of rotatable bonds is 10. The highest BCUT2D eigenvalue weighted by Gasteiger charge is 2.30. The van der Waals surface area contributed by atoms with Gasteiger partial charge >= 0.3 is 0 Å². The fourth-order valence-electron chi connectivity index (χ4n) is 3.89. The maximum absolute atomic E-state index is 12.9. The molecule has 6 nitrogen and oxygen atoms in total. The molecule has 1 fully saturated rings. The molecule has 1 N–H and O–H groups in total. The van der Waals surface area contributed by atoms with Crippen molar-refractivity contribution in [2.45, 2.75) is 31.8 Å². The summed E-state index contributed by atoms with van der Waals surface area (Å²) in [6.45, 7) is 2.64. The molecule has 2 aromatic carbocycles.